The Morgan fingerprint density at radius 1 is 1.33 bits per heavy atom. The maximum atomic E-state index is 13.0. The van der Waals surface area contributed by atoms with Gasteiger partial charge in [0.1, 0.15) is 5.82 Å². The van der Waals surface area contributed by atoms with Crippen LogP contribution in [0.2, 0.25) is 5.02 Å². The molecule has 0 unspecified atom stereocenters. The van der Waals surface area contributed by atoms with E-state index in [9.17, 15) is 9.18 Å². The molecule has 1 aromatic heterocycles. The van der Waals surface area contributed by atoms with Crippen LogP contribution in [0.1, 0.15) is 5.56 Å². The summed E-state index contributed by atoms with van der Waals surface area (Å²) >= 11 is 5.95. The first-order chi connectivity index (χ1) is 10.1. The molecule has 0 saturated carbocycles. The van der Waals surface area contributed by atoms with Crippen molar-refractivity contribution in [2.75, 3.05) is 25.5 Å². The summed E-state index contributed by atoms with van der Waals surface area (Å²) in [5.41, 5.74) is 1.06. The summed E-state index contributed by atoms with van der Waals surface area (Å²) in [6.45, 7) is 1.69. The molecule has 0 spiro atoms. The number of hydrogen-bond acceptors (Lipinski definition) is 4. The van der Waals surface area contributed by atoms with Crippen molar-refractivity contribution in [1.82, 2.24) is 15.1 Å². The second-order valence-corrected chi connectivity index (χ2v) is 4.91. The van der Waals surface area contributed by atoms with E-state index in [1.54, 1.807) is 12.3 Å². The summed E-state index contributed by atoms with van der Waals surface area (Å²) in [5.74, 6) is -0.409. The van der Waals surface area contributed by atoms with Crippen molar-refractivity contribution in [3.05, 3.63) is 57.2 Å². The third-order valence-corrected chi connectivity index (χ3v) is 3.26. The van der Waals surface area contributed by atoms with Crippen LogP contribution < -0.4 is 16.2 Å². The lowest BCUT2D eigenvalue weighted by Gasteiger charge is -2.09. The molecule has 0 saturated heterocycles. The minimum atomic E-state index is -0.409. The van der Waals surface area contributed by atoms with Crippen LogP contribution in [0.3, 0.4) is 0 Å². The van der Waals surface area contributed by atoms with E-state index in [-0.39, 0.29) is 17.1 Å². The van der Waals surface area contributed by atoms with Gasteiger partial charge >= 0.3 is 0 Å². The van der Waals surface area contributed by atoms with Gasteiger partial charge in [-0.05, 0) is 24.7 Å². The summed E-state index contributed by atoms with van der Waals surface area (Å²) in [7, 11) is 1.85. The lowest BCUT2D eigenvalue weighted by Crippen LogP contribution is -2.24. The summed E-state index contributed by atoms with van der Waals surface area (Å²) in [4.78, 5) is 12.0. The molecule has 2 aromatic rings. The van der Waals surface area contributed by atoms with E-state index in [1.165, 1.54) is 22.9 Å². The maximum absolute atomic E-state index is 13.0. The SMILES string of the molecule is CNCCNc1cnn(Cc2ccc(F)cc2Cl)c(=O)c1. The van der Waals surface area contributed by atoms with Crippen LogP contribution in [-0.4, -0.2) is 29.9 Å². The zero-order chi connectivity index (χ0) is 15.2. The largest absolute Gasteiger partial charge is 0.382 e. The van der Waals surface area contributed by atoms with Crippen molar-refractivity contribution in [2.24, 2.45) is 0 Å². The quantitative estimate of drug-likeness (QED) is 0.798. The fourth-order valence-corrected chi connectivity index (χ4v) is 2.02. The Bertz CT molecular complexity index is 674. The van der Waals surface area contributed by atoms with E-state index in [1.807, 2.05) is 7.05 Å². The van der Waals surface area contributed by atoms with E-state index < -0.39 is 5.82 Å². The number of aromatic nitrogens is 2. The molecule has 0 amide bonds. The lowest BCUT2D eigenvalue weighted by molar-refractivity contribution is 0.619. The van der Waals surface area contributed by atoms with Gasteiger partial charge in [0.2, 0.25) is 0 Å². The number of nitrogens with zero attached hydrogens (tertiary/aromatic N) is 2. The number of halogens is 2. The molecule has 0 radical (unpaired) electrons. The molecule has 112 valence electrons. The zero-order valence-corrected chi connectivity index (χ0v) is 12.3. The molecule has 2 N–H and O–H groups in total. The van der Waals surface area contributed by atoms with Crippen LogP contribution in [-0.2, 0) is 6.54 Å². The highest BCUT2D eigenvalue weighted by Gasteiger charge is 2.06. The van der Waals surface area contributed by atoms with Crippen LogP contribution in [0.25, 0.3) is 0 Å². The highest BCUT2D eigenvalue weighted by Crippen LogP contribution is 2.17. The van der Waals surface area contributed by atoms with Crippen LogP contribution in [0, 0.1) is 5.82 Å². The van der Waals surface area contributed by atoms with Crippen LogP contribution in [0.15, 0.2) is 35.3 Å². The number of likely N-dealkylation sites (N-methyl/N-ethyl adjacent to an activating group) is 1. The standard InChI is InChI=1S/C14H16ClFN4O/c1-17-4-5-18-12-7-14(21)20(19-8-12)9-10-2-3-11(16)6-13(10)15/h2-3,6-8,17-18H,4-5,9H2,1H3. The molecule has 0 aliphatic carbocycles. The first-order valence-electron chi connectivity index (χ1n) is 6.49. The number of benzene rings is 1. The predicted molar refractivity (Wildman–Crippen MR) is 81.4 cm³/mol. The minimum Gasteiger partial charge on any atom is -0.382 e. The van der Waals surface area contributed by atoms with Crippen LogP contribution >= 0.6 is 11.6 Å². The fraction of sp³-hybridized carbons (Fsp3) is 0.286. The molecule has 0 atom stereocenters. The van der Waals surface area contributed by atoms with Gasteiger partial charge in [0.25, 0.3) is 5.56 Å². The molecule has 0 aliphatic rings. The fourth-order valence-electron chi connectivity index (χ4n) is 1.79. The second kappa shape index (κ2) is 7.19. The smallest absolute Gasteiger partial charge is 0.269 e. The van der Waals surface area contributed by atoms with E-state index in [0.717, 1.165) is 6.54 Å². The van der Waals surface area contributed by atoms with Crippen molar-refractivity contribution >= 4 is 17.3 Å². The van der Waals surface area contributed by atoms with Gasteiger partial charge in [0.05, 0.1) is 18.4 Å². The van der Waals surface area contributed by atoms with E-state index >= 15 is 0 Å². The van der Waals surface area contributed by atoms with Gasteiger partial charge < -0.3 is 10.6 Å². The Balaban J connectivity index is 2.12. The third kappa shape index (κ3) is 4.27. The molecule has 1 aromatic carbocycles. The number of nitrogens with one attached hydrogen (secondary N) is 2. The second-order valence-electron chi connectivity index (χ2n) is 4.51. The zero-order valence-electron chi connectivity index (χ0n) is 11.6. The van der Waals surface area contributed by atoms with Crippen LogP contribution in [0.4, 0.5) is 10.1 Å². The van der Waals surface area contributed by atoms with Crippen molar-refractivity contribution in [2.45, 2.75) is 6.54 Å². The molecule has 1 heterocycles. The van der Waals surface area contributed by atoms with E-state index in [2.05, 4.69) is 15.7 Å². The number of anilines is 1. The van der Waals surface area contributed by atoms with E-state index in [0.29, 0.717) is 17.8 Å². The van der Waals surface area contributed by atoms with Gasteiger partial charge in [-0.25, -0.2) is 9.07 Å². The Kier molecular flexibility index (Phi) is 5.30. The first kappa shape index (κ1) is 15.5. The van der Waals surface area contributed by atoms with Crippen molar-refractivity contribution < 1.29 is 4.39 Å². The third-order valence-electron chi connectivity index (χ3n) is 2.91. The van der Waals surface area contributed by atoms with Crippen molar-refractivity contribution in [1.29, 1.82) is 0 Å². The molecule has 0 bridgehead atoms. The summed E-state index contributed by atoms with van der Waals surface area (Å²) in [6, 6.07) is 5.54. The Hall–Kier alpha value is -1.92. The molecular weight excluding hydrogens is 295 g/mol. The summed E-state index contributed by atoms with van der Waals surface area (Å²) < 4.78 is 14.3. The highest BCUT2D eigenvalue weighted by molar-refractivity contribution is 6.31. The van der Waals surface area contributed by atoms with Crippen molar-refractivity contribution in [3.8, 4) is 0 Å². The van der Waals surface area contributed by atoms with Gasteiger partial charge in [-0.1, -0.05) is 17.7 Å². The monoisotopic (exact) mass is 310 g/mol. The van der Waals surface area contributed by atoms with Gasteiger partial charge in [0.15, 0.2) is 0 Å². The Labute approximate surface area is 126 Å². The molecule has 2 rings (SSSR count). The first-order valence-corrected chi connectivity index (χ1v) is 6.87. The van der Waals surface area contributed by atoms with Gasteiger partial charge in [0, 0.05) is 24.2 Å². The van der Waals surface area contributed by atoms with Crippen molar-refractivity contribution in [3.63, 3.8) is 0 Å². The normalized spacial score (nSPS) is 10.6. The summed E-state index contributed by atoms with van der Waals surface area (Å²) in [5, 5.41) is 10.4. The number of hydrogen-bond donors (Lipinski definition) is 2. The molecule has 0 fully saturated rings. The maximum Gasteiger partial charge on any atom is 0.269 e. The van der Waals surface area contributed by atoms with Crippen LogP contribution in [0.5, 0.6) is 0 Å². The minimum absolute atomic E-state index is 0.203. The predicted octanol–water partition coefficient (Wildman–Crippen LogP) is 1.72. The average Bonchev–Trinajstić information content (AvgIpc) is 2.44. The Morgan fingerprint density at radius 2 is 2.14 bits per heavy atom. The number of rotatable bonds is 6. The highest BCUT2D eigenvalue weighted by atomic mass is 35.5. The molecule has 0 aliphatic heterocycles. The van der Waals surface area contributed by atoms with Gasteiger partial charge in [-0.2, -0.15) is 5.10 Å². The average molecular weight is 311 g/mol. The van der Waals surface area contributed by atoms with E-state index in [4.69, 9.17) is 11.6 Å². The Morgan fingerprint density at radius 3 is 2.81 bits per heavy atom. The molecule has 5 nitrogen and oxygen atoms in total. The topological polar surface area (TPSA) is 59.0 Å². The lowest BCUT2D eigenvalue weighted by atomic mass is 10.2. The molecule has 7 heteroatoms. The van der Waals surface area contributed by atoms with Gasteiger partial charge in [-0.15, -0.1) is 0 Å². The summed E-state index contributed by atoms with van der Waals surface area (Å²) in [6.07, 6.45) is 1.58. The van der Waals surface area contributed by atoms with Gasteiger partial charge in [-0.3, -0.25) is 4.79 Å². The molecular formula is C14H16ClFN4O. The molecule has 21 heavy (non-hydrogen) atoms.